The zero-order valence-corrected chi connectivity index (χ0v) is 17.6. The van der Waals surface area contributed by atoms with Crippen LogP contribution in [0.3, 0.4) is 0 Å². The van der Waals surface area contributed by atoms with Crippen molar-refractivity contribution in [1.29, 1.82) is 0 Å². The van der Waals surface area contributed by atoms with Gasteiger partial charge in [-0.25, -0.2) is 4.68 Å². The molecule has 2 aromatic carbocycles. The summed E-state index contributed by atoms with van der Waals surface area (Å²) in [6, 6.07) is 16.7. The molecule has 1 aromatic heterocycles. The fourth-order valence-corrected chi connectivity index (χ4v) is 3.55. The van der Waals surface area contributed by atoms with Crippen molar-refractivity contribution in [2.45, 2.75) is 32.7 Å². The Kier molecular flexibility index (Phi) is 5.59. The fourth-order valence-electron chi connectivity index (χ4n) is 3.42. The highest BCUT2D eigenvalue weighted by atomic mass is 35.5. The molecule has 3 aromatic rings. The van der Waals surface area contributed by atoms with E-state index in [4.69, 9.17) is 11.6 Å². The summed E-state index contributed by atoms with van der Waals surface area (Å²) in [6.07, 6.45) is 2.04. The lowest BCUT2D eigenvalue weighted by Crippen LogP contribution is -2.38. The van der Waals surface area contributed by atoms with Gasteiger partial charge in [0, 0.05) is 11.1 Å². The van der Waals surface area contributed by atoms with Gasteiger partial charge in [0.15, 0.2) is 0 Å². The first-order valence-corrected chi connectivity index (χ1v) is 10.3. The Hall–Kier alpha value is -3.12. The van der Waals surface area contributed by atoms with Crippen molar-refractivity contribution in [2.24, 2.45) is 5.92 Å². The van der Waals surface area contributed by atoms with Gasteiger partial charge in [0.1, 0.15) is 5.82 Å². The molecule has 30 heavy (non-hydrogen) atoms. The molecule has 0 saturated heterocycles. The number of anilines is 1. The Balaban J connectivity index is 1.49. The number of benzene rings is 2. The van der Waals surface area contributed by atoms with Gasteiger partial charge in [0.05, 0.1) is 17.4 Å². The molecule has 1 aliphatic rings. The average Bonchev–Trinajstić information content (AvgIpc) is 3.50. The summed E-state index contributed by atoms with van der Waals surface area (Å²) < 4.78 is 1.62. The van der Waals surface area contributed by atoms with Crippen LogP contribution in [0.2, 0.25) is 5.02 Å². The molecular formula is C23H23ClN4O2. The normalized spacial score (nSPS) is 14.2. The van der Waals surface area contributed by atoms with E-state index in [0.717, 1.165) is 35.3 Å². The van der Waals surface area contributed by atoms with Gasteiger partial charge in [0.2, 0.25) is 0 Å². The van der Waals surface area contributed by atoms with Crippen molar-refractivity contribution >= 4 is 29.2 Å². The molecule has 2 N–H and O–H groups in total. The van der Waals surface area contributed by atoms with Gasteiger partial charge >= 0.3 is 11.8 Å². The Labute approximate surface area is 180 Å². The molecule has 154 valence electrons. The van der Waals surface area contributed by atoms with Gasteiger partial charge in [0.25, 0.3) is 0 Å². The molecule has 1 aliphatic carbocycles. The van der Waals surface area contributed by atoms with Crippen LogP contribution in [0.1, 0.15) is 35.7 Å². The van der Waals surface area contributed by atoms with Gasteiger partial charge < -0.3 is 10.6 Å². The largest absolute Gasteiger partial charge is 0.341 e. The molecule has 0 bridgehead atoms. The van der Waals surface area contributed by atoms with Crippen molar-refractivity contribution in [3.05, 3.63) is 76.4 Å². The van der Waals surface area contributed by atoms with Crippen LogP contribution in [0, 0.1) is 19.8 Å². The first kappa shape index (κ1) is 20.2. The summed E-state index contributed by atoms with van der Waals surface area (Å²) in [5, 5.41) is 10.7. The van der Waals surface area contributed by atoms with Crippen LogP contribution in [0.15, 0.2) is 54.6 Å². The van der Waals surface area contributed by atoms with Crippen molar-refractivity contribution in [1.82, 2.24) is 15.1 Å². The molecule has 1 saturated carbocycles. The van der Waals surface area contributed by atoms with Crippen LogP contribution in [0.4, 0.5) is 5.82 Å². The number of aromatic nitrogens is 2. The van der Waals surface area contributed by atoms with E-state index in [9.17, 15) is 9.59 Å². The van der Waals surface area contributed by atoms with Crippen molar-refractivity contribution < 1.29 is 9.59 Å². The van der Waals surface area contributed by atoms with Crippen LogP contribution in [0.5, 0.6) is 0 Å². The quantitative estimate of drug-likeness (QED) is 0.600. The van der Waals surface area contributed by atoms with E-state index in [1.807, 2.05) is 50.2 Å². The number of aryl methyl sites for hydroxylation is 2. The van der Waals surface area contributed by atoms with Gasteiger partial charge in [-0.15, -0.1) is 0 Å². The van der Waals surface area contributed by atoms with Crippen LogP contribution in [-0.2, 0) is 9.59 Å². The third kappa shape index (κ3) is 4.54. The summed E-state index contributed by atoms with van der Waals surface area (Å²) in [6.45, 7) is 3.84. The van der Waals surface area contributed by atoms with Crippen LogP contribution in [0.25, 0.3) is 5.69 Å². The Bertz CT molecular complexity index is 1070. The molecule has 7 heteroatoms. The molecule has 1 heterocycles. The smallest absolute Gasteiger partial charge is 0.314 e. The minimum Gasteiger partial charge on any atom is -0.341 e. The minimum atomic E-state index is -0.720. The van der Waals surface area contributed by atoms with Crippen LogP contribution < -0.4 is 10.6 Å². The first-order chi connectivity index (χ1) is 14.4. The van der Waals surface area contributed by atoms with Crippen LogP contribution in [-0.4, -0.2) is 21.6 Å². The predicted octanol–water partition coefficient (Wildman–Crippen LogP) is 4.35. The number of nitrogens with one attached hydrogen (secondary N) is 2. The van der Waals surface area contributed by atoms with Crippen LogP contribution >= 0.6 is 11.6 Å². The van der Waals surface area contributed by atoms with Gasteiger partial charge in [-0.3, -0.25) is 9.59 Å². The lowest BCUT2D eigenvalue weighted by atomic mass is 10.0. The number of rotatable bonds is 5. The molecule has 2 amide bonds. The number of hydrogen-bond donors (Lipinski definition) is 2. The van der Waals surface area contributed by atoms with E-state index in [2.05, 4.69) is 15.7 Å². The molecule has 1 atom stereocenters. The average molecular weight is 423 g/mol. The summed E-state index contributed by atoms with van der Waals surface area (Å²) in [5.74, 6) is -0.603. The monoisotopic (exact) mass is 422 g/mol. The summed E-state index contributed by atoms with van der Waals surface area (Å²) >= 11 is 5.97. The first-order valence-electron chi connectivity index (χ1n) is 9.92. The van der Waals surface area contributed by atoms with Crippen molar-refractivity contribution in [2.75, 3.05) is 5.32 Å². The van der Waals surface area contributed by atoms with E-state index >= 15 is 0 Å². The highest BCUT2D eigenvalue weighted by Crippen LogP contribution is 2.41. The standard InChI is InChI=1S/C23H23ClN4O2/c1-14-3-11-19(12-4-14)28-20(13-15(2)27-28)25-22(29)23(30)26-21(16-5-6-16)17-7-9-18(24)10-8-17/h3-4,7-13,16,21H,5-6H2,1-2H3,(H,25,29)(H,26,30)/t21-/m1/s1. The number of carbonyl (C=O) groups is 2. The summed E-state index contributed by atoms with van der Waals surface area (Å²) in [4.78, 5) is 25.3. The second-order valence-corrected chi connectivity index (χ2v) is 8.15. The van der Waals surface area contributed by atoms with Gasteiger partial charge in [-0.2, -0.15) is 5.10 Å². The number of amides is 2. The highest BCUT2D eigenvalue weighted by Gasteiger charge is 2.34. The molecule has 1 fully saturated rings. The van der Waals surface area contributed by atoms with Gasteiger partial charge in [-0.05, 0) is 62.4 Å². The number of nitrogens with zero attached hydrogens (tertiary/aromatic N) is 2. The van der Waals surface area contributed by atoms with E-state index < -0.39 is 11.8 Å². The fraction of sp³-hybridized carbons (Fsp3) is 0.261. The van der Waals surface area contributed by atoms with Crippen molar-refractivity contribution in [3.63, 3.8) is 0 Å². The Morgan fingerprint density at radius 3 is 2.33 bits per heavy atom. The lowest BCUT2D eigenvalue weighted by Gasteiger charge is -2.18. The molecule has 4 rings (SSSR count). The number of hydrogen-bond acceptors (Lipinski definition) is 3. The van der Waals surface area contributed by atoms with E-state index in [1.54, 1.807) is 22.9 Å². The van der Waals surface area contributed by atoms with E-state index in [0.29, 0.717) is 16.8 Å². The van der Waals surface area contributed by atoms with Gasteiger partial charge in [-0.1, -0.05) is 41.4 Å². The van der Waals surface area contributed by atoms with Crippen molar-refractivity contribution in [3.8, 4) is 5.69 Å². The zero-order chi connectivity index (χ0) is 21.3. The third-order valence-electron chi connectivity index (χ3n) is 5.17. The maximum absolute atomic E-state index is 12.7. The SMILES string of the molecule is Cc1ccc(-n2nc(C)cc2NC(=O)C(=O)N[C@@H](c2ccc(Cl)cc2)C2CC2)cc1. The Morgan fingerprint density at radius 2 is 1.70 bits per heavy atom. The third-order valence-corrected chi connectivity index (χ3v) is 5.42. The highest BCUT2D eigenvalue weighted by molar-refractivity contribution is 6.39. The minimum absolute atomic E-state index is 0.204. The maximum Gasteiger partial charge on any atom is 0.314 e. The van der Waals surface area contributed by atoms with E-state index in [-0.39, 0.29) is 6.04 Å². The number of carbonyl (C=O) groups excluding carboxylic acids is 2. The molecule has 0 unspecified atom stereocenters. The molecule has 0 radical (unpaired) electrons. The Morgan fingerprint density at radius 1 is 1.03 bits per heavy atom. The second kappa shape index (κ2) is 8.32. The molecule has 0 spiro atoms. The molecule has 6 nitrogen and oxygen atoms in total. The summed E-state index contributed by atoms with van der Waals surface area (Å²) in [5.41, 5.74) is 3.62. The topological polar surface area (TPSA) is 76.0 Å². The maximum atomic E-state index is 12.7. The second-order valence-electron chi connectivity index (χ2n) is 7.71. The summed E-state index contributed by atoms with van der Waals surface area (Å²) in [7, 11) is 0. The lowest BCUT2D eigenvalue weighted by molar-refractivity contribution is -0.136. The molecule has 0 aliphatic heterocycles. The number of halogens is 1. The predicted molar refractivity (Wildman–Crippen MR) is 117 cm³/mol. The zero-order valence-electron chi connectivity index (χ0n) is 16.9. The van der Waals surface area contributed by atoms with E-state index in [1.165, 1.54) is 0 Å². The molecular weight excluding hydrogens is 400 g/mol.